The van der Waals surface area contributed by atoms with Crippen molar-refractivity contribution in [2.45, 2.75) is 57.5 Å². The first-order valence-corrected chi connectivity index (χ1v) is 12.5. The van der Waals surface area contributed by atoms with Gasteiger partial charge < -0.3 is 4.90 Å². The Hall–Kier alpha value is -2.92. The molecule has 1 amide bonds. The van der Waals surface area contributed by atoms with Gasteiger partial charge >= 0.3 is 0 Å². The van der Waals surface area contributed by atoms with Crippen LogP contribution in [0.5, 0.6) is 0 Å². The van der Waals surface area contributed by atoms with Gasteiger partial charge in [-0.15, -0.1) is 0 Å². The SMILES string of the molecule is O=C(c1nn(-c2ccccc2)c2c1CC(N1CCc3ccccc3C1)CC2)N1CCCCC1. The molecule has 3 aromatic rings. The second-order valence-electron chi connectivity index (χ2n) is 9.76. The fourth-order valence-electron chi connectivity index (χ4n) is 5.94. The summed E-state index contributed by atoms with van der Waals surface area (Å²) in [6.45, 7) is 3.83. The van der Waals surface area contributed by atoms with Crippen LogP contribution in [0, 0.1) is 0 Å². The summed E-state index contributed by atoms with van der Waals surface area (Å²) < 4.78 is 2.05. The molecule has 2 aliphatic heterocycles. The van der Waals surface area contributed by atoms with Crippen LogP contribution in [-0.4, -0.2) is 51.2 Å². The van der Waals surface area contributed by atoms with E-state index >= 15 is 0 Å². The van der Waals surface area contributed by atoms with Gasteiger partial charge in [0.05, 0.1) is 5.69 Å². The van der Waals surface area contributed by atoms with Crippen molar-refractivity contribution in [2.24, 2.45) is 0 Å². The molecule has 1 unspecified atom stereocenters. The van der Waals surface area contributed by atoms with E-state index in [1.165, 1.54) is 28.8 Å². The molecule has 1 aromatic heterocycles. The number of carbonyl (C=O) groups excluding carboxylic acids is 1. The molecule has 5 heteroatoms. The van der Waals surface area contributed by atoms with Crippen LogP contribution in [0.15, 0.2) is 54.6 Å². The zero-order valence-electron chi connectivity index (χ0n) is 19.2. The van der Waals surface area contributed by atoms with Crippen LogP contribution < -0.4 is 0 Å². The minimum absolute atomic E-state index is 0.130. The number of benzene rings is 2. The molecular weight excluding hydrogens is 408 g/mol. The number of hydrogen-bond donors (Lipinski definition) is 0. The quantitative estimate of drug-likeness (QED) is 0.606. The summed E-state index contributed by atoms with van der Waals surface area (Å²) >= 11 is 0. The lowest BCUT2D eigenvalue weighted by Crippen LogP contribution is -2.43. The molecule has 33 heavy (non-hydrogen) atoms. The van der Waals surface area contributed by atoms with E-state index in [-0.39, 0.29) is 5.91 Å². The number of hydrogen-bond acceptors (Lipinski definition) is 3. The van der Waals surface area contributed by atoms with Gasteiger partial charge in [0.25, 0.3) is 5.91 Å². The van der Waals surface area contributed by atoms with Gasteiger partial charge in [0.2, 0.25) is 0 Å². The second-order valence-corrected chi connectivity index (χ2v) is 9.76. The van der Waals surface area contributed by atoms with E-state index < -0.39 is 0 Å². The first kappa shape index (κ1) is 20.7. The van der Waals surface area contributed by atoms with Gasteiger partial charge in [-0.1, -0.05) is 42.5 Å². The third-order valence-electron chi connectivity index (χ3n) is 7.77. The first-order valence-electron chi connectivity index (χ1n) is 12.5. The molecule has 0 bridgehead atoms. The standard InChI is InChI=1S/C28H32N4O/c33-28(30-16-7-2-8-17-30)27-25-19-24(31-18-15-21-9-5-6-10-22(21)20-31)13-14-26(25)32(29-27)23-11-3-1-4-12-23/h1,3-6,9-12,24H,2,7-8,13-20H2. The summed E-state index contributed by atoms with van der Waals surface area (Å²) in [5.74, 6) is 0.130. The Morgan fingerprint density at radius 3 is 2.42 bits per heavy atom. The number of fused-ring (bicyclic) bond motifs is 2. The average molecular weight is 441 g/mol. The number of likely N-dealkylation sites (tertiary alicyclic amines) is 1. The van der Waals surface area contributed by atoms with Gasteiger partial charge in [0.15, 0.2) is 5.69 Å². The van der Waals surface area contributed by atoms with Gasteiger partial charge in [-0.3, -0.25) is 9.69 Å². The predicted octanol–water partition coefficient (Wildman–Crippen LogP) is 4.41. The largest absolute Gasteiger partial charge is 0.337 e. The van der Waals surface area contributed by atoms with Gasteiger partial charge in [-0.25, -0.2) is 4.68 Å². The van der Waals surface area contributed by atoms with Crippen molar-refractivity contribution >= 4 is 5.91 Å². The normalized spacial score (nSPS) is 20.8. The Labute approximate surface area is 196 Å². The number of aromatic nitrogens is 2. The topological polar surface area (TPSA) is 41.4 Å². The van der Waals surface area contributed by atoms with E-state index in [1.807, 2.05) is 27.8 Å². The Balaban J connectivity index is 1.33. The van der Waals surface area contributed by atoms with Crippen LogP contribution in [-0.2, 0) is 25.8 Å². The molecule has 1 fully saturated rings. The van der Waals surface area contributed by atoms with Crippen LogP contribution in [0.25, 0.3) is 5.69 Å². The third-order valence-corrected chi connectivity index (χ3v) is 7.77. The van der Waals surface area contributed by atoms with Crippen molar-refractivity contribution in [2.75, 3.05) is 19.6 Å². The lowest BCUT2D eigenvalue weighted by molar-refractivity contribution is 0.0715. The van der Waals surface area contributed by atoms with Crippen molar-refractivity contribution in [3.05, 3.63) is 82.7 Å². The average Bonchev–Trinajstić information content (AvgIpc) is 3.28. The fraction of sp³-hybridized carbons (Fsp3) is 0.429. The molecule has 0 spiro atoms. The second kappa shape index (κ2) is 8.79. The Kier molecular flexibility index (Phi) is 5.50. The number of carbonyl (C=O) groups is 1. The Bertz CT molecular complexity index is 1150. The van der Waals surface area contributed by atoms with Crippen LogP contribution in [0.2, 0.25) is 0 Å². The minimum atomic E-state index is 0.130. The van der Waals surface area contributed by atoms with Gasteiger partial charge in [-0.2, -0.15) is 5.10 Å². The molecule has 3 aliphatic rings. The maximum atomic E-state index is 13.6. The predicted molar refractivity (Wildman–Crippen MR) is 130 cm³/mol. The van der Waals surface area contributed by atoms with Gasteiger partial charge in [0, 0.05) is 43.5 Å². The molecule has 1 atom stereocenters. The lowest BCUT2D eigenvalue weighted by Gasteiger charge is -2.38. The van der Waals surface area contributed by atoms with Crippen molar-refractivity contribution in [1.82, 2.24) is 19.6 Å². The molecule has 5 nitrogen and oxygen atoms in total. The highest BCUT2D eigenvalue weighted by Crippen LogP contribution is 2.32. The molecule has 0 saturated carbocycles. The fourth-order valence-corrected chi connectivity index (χ4v) is 5.94. The zero-order valence-corrected chi connectivity index (χ0v) is 19.2. The van der Waals surface area contributed by atoms with Crippen molar-refractivity contribution in [3.8, 4) is 5.69 Å². The number of nitrogens with zero attached hydrogens (tertiary/aromatic N) is 4. The maximum Gasteiger partial charge on any atom is 0.274 e. The molecule has 1 aliphatic carbocycles. The molecule has 0 radical (unpaired) electrons. The number of para-hydroxylation sites is 1. The smallest absolute Gasteiger partial charge is 0.274 e. The third kappa shape index (κ3) is 3.89. The molecule has 0 N–H and O–H groups in total. The monoisotopic (exact) mass is 440 g/mol. The molecule has 6 rings (SSSR count). The van der Waals surface area contributed by atoms with Crippen LogP contribution >= 0.6 is 0 Å². The van der Waals surface area contributed by atoms with Crippen molar-refractivity contribution < 1.29 is 4.79 Å². The van der Waals surface area contributed by atoms with E-state index in [0.29, 0.717) is 11.7 Å². The van der Waals surface area contributed by atoms with E-state index in [2.05, 4.69) is 41.3 Å². The number of amides is 1. The molecule has 2 aromatic carbocycles. The van der Waals surface area contributed by atoms with E-state index in [1.54, 1.807) is 0 Å². The van der Waals surface area contributed by atoms with E-state index in [0.717, 1.165) is 70.4 Å². The Morgan fingerprint density at radius 2 is 1.61 bits per heavy atom. The van der Waals surface area contributed by atoms with E-state index in [4.69, 9.17) is 5.10 Å². The van der Waals surface area contributed by atoms with Gasteiger partial charge in [-0.05, 0) is 68.2 Å². The first-order chi connectivity index (χ1) is 16.3. The molecular formula is C28H32N4O. The summed E-state index contributed by atoms with van der Waals surface area (Å²) in [4.78, 5) is 18.3. The highest BCUT2D eigenvalue weighted by molar-refractivity contribution is 5.94. The number of piperidine rings is 1. The van der Waals surface area contributed by atoms with Crippen LogP contribution in [0.3, 0.4) is 0 Å². The molecule has 1 saturated heterocycles. The molecule has 3 heterocycles. The zero-order chi connectivity index (χ0) is 22.2. The Morgan fingerprint density at radius 1 is 0.848 bits per heavy atom. The van der Waals surface area contributed by atoms with Crippen molar-refractivity contribution in [1.29, 1.82) is 0 Å². The summed E-state index contributed by atoms with van der Waals surface area (Å²) in [7, 11) is 0. The minimum Gasteiger partial charge on any atom is -0.337 e. The maximum absolute atomic E-state index is 13.6. The highest BCUT2D eigenvalue weighted by Gasteiger charge is 2.34. The lowest BCUT2D eigenvalue weighted by atomic mass is 9.88. The summed E-state index contributed by atoms with van der Waals surface area (Å²) in [6, 6.07) is 19.6. The van der Waals surface area contributed by atoms with E-state index in [9.17, 15) is 4.79 Å². The summed E-state index contributed by atoms with van der Waals surface area (Å²) in [6.07, 6.45) is 7.53. The van der Waals surface area contributed by atoms with Crippen LogP contribution in [0.4, 0.5) is 0 Å². The summed E-state index contributed by atoms with van der Waals surface area (Å²) in [5, 5.41) is 4.96. The van der Waals surface area contributed by atoms with Crippen LogP contribution in [0.1, 0.15) is 58.6 Å². The number of rotatable bonds is 3. The van der Waals surface area contributed by atoms with Gasteiger partial charge in [0.1, 0.15) is 0 Å². The van der Waals surface area contributed by atoms with Crippen molar-refractivity contribution in [3.63, 3.8) is 0 Å². The highest BCUT2D eigenvalue weighted by atomic mass is 16.2. The molecule has 170 valence electrons. The summed E-state index contributed by atoms with van der Waals surface area (Å²) in [5.41, 5.74) is 7.11.